The lowest BCUT2D eigenvalue weighted by atomic mass is 9.82. The molecule has 3 atom stereocenters. The van der Waals surface area contributed by atoms with Crippen molar-refractivity contribution in [1.29, 1.82) is 0 Å². The van der Waals surface area contributed by atoms with Crippen LogP contribution in [0.5, 0.6) is 0 Å². The SMILES string of the molecule is CCC1CCCCC1N[C@H](C)c1ccccc1F. The summed E-state index contributed by atoms with van der Waals surface area (Å²) < 4.78 is 13.7. The molecule has 0 saturated heterocycles. The molecule has 0 amide bonds. The number of rotatable bonds is 4. The van der Waals surface area contributed by atoms with Crippen LogP contribution in [0, 0.1) is 11.7 Å². The molecule has 2 unspecified atom stereocenters. The van der Waals surface area contributed by atoms with Crippen molar-refractivity contribution in [2.24, 2.45) is 5.92 Å². The molecule has 1 saturated carbocycles. The van der Waals surface area contributed by atoms with Crippen LogP contribution in [0.1, 0.15) is 57.6 Å². The highest BCUT2D eigenvalue weighted by Gasteiger charge is 2.25. The minimum atomic E-state index is -0.0960. The summed E-state index contributed by atoms with van der Waals surface area (Å²) in [6.07, 6.45) is 6.43. The van der Waals surface area contributed by atoms with E-state index in [0.29, 0.717) is 6.04 Å². The van der Waals surface area contributed by atoms with E-state index in [9.17, 15) is 4.39 Å². The van der Waals surface area contributed by atoms with Crippen LogP contribution >= 0.6 is 0 Å². The molecule has 0 aliphatic heterocycles. The summed E-state index contributed by atoms with van der Waals surface area (Å²) in [5.74, 6) is 0.661. The summed E-state index contributed by atoms with van der Waals surface area (Å²) in [4.78, 5) is 0. The van der Waals surface area contributed by atoms with Gasteiger partial charge in [-0.3, -0.25) is 0 Å². The lowest BCUT2D eigenvalue weighted by Gasteiger charge is -2.34. The molecule has 2 heteroatoms. The van der Waals surface area contributed by atoms with Gasteiger partial charge in [0.15, 0.2) is 0 Å². The molecule has 1 N–H and O–H groups in total. The average molecular weight is 249 g/mol. The maximum atomic E-state index is 13.7. The highest BCUT2D eigenvalue weighted by molar-refractivity contribution is 5.20. The molecule has 1 aromatic rings. The Labute approximate surface area is 110 Å². The molecule has 1 nitrogen and oxygen atoms in total. The van der Waals surface area contributed by atoms with Gasteiger partial charge in [-0.05, 0) is 31.7 Å². The van der Waals surface area contributed by atoms with Gasteiger partial charge in [-0.15, -0.1) is 0 Å². The van der Waals surface area contributed by atoms with E-state index >= 15 is 0 Å². The van der Waals surface area contributed by atoms with Gasteiger partial charge in [0.1, 0.15) is 5.82 Å². The standard InChI is InChI=1S/C16H24FN/c1-3-13-8-4-7-11-16(13)18-12(2)14-9-5-6-10-15(14)17/h5-6,9-10,12-13,16,18H,3-4,7-8,11H2,1-2H3/t12-,13?,16?/m1/s1. The quantitative estimate of drug-likeness (QED) is 0.831. The Morgan fingerprint density at radius 3 is 2.72 bits per heavy atom. The second-order valence-electron chi connectivity index (χ2n) is 5.47. The van der Waals surface area contributed by atoms with Crippen molar-refractivity contribution >= 4 is 0 Å². The molecule has 1 aromatic carbocycles. The molecule has 0 radical (unpaired) electrons. The van der Waals surface area contributed by atoms with Gasteiger partial charge < -0.3 is 5.32 Å². The maximum Gasteiger partial charge on any atom is 0.127 e. The molecule has 100 valence electrons. The summed E-state index contributed by atoms with van der Waals surface area (Å²) >= 11 is 0. The van der Waals surface area contributed by atoms with Crippen LogP contribution in [0.25, 0.3) is 0 Å². The van der Waals surface area contributed by atoms with Gasteiger partial charge >= 0.3 is 0 Å². The third-order valence-electron chi connectivity index (χ3n) is 4.27. The third-order valence-corrected chi connectivity index (χ3v) is 4.27. The molecule has 0 aromatic heterocycles. The van der Waals surface area contributed by atoms with Gasteiger partial charge in [-0.2, -0.15) is 0 Å². The second-order valence-corrected chi connectivity index (χ2v) is 5.47. The average Bonchev–Trinajstić information content (AvgIpc) is 2.39. The van der Waals surface area contributed by atoms with Crippen LogP contribution in [0.2, 0.25) is 0 Å². The fourth-order valence-electron chi connectivity index (χ4n) is 3.15. The Bertz CT molecular complexity index is 377. The largest absolute Gasteiger partial charge is 0.307 e. The van der Waals surface area contributed by atoms with E-state index in [0.717, 1.165) is 11.5 Å². The normalized spacial score (nSPS) is 25.9. The van der Waals surface area contributed by atoms with E-state index in [1.54, 1.807) is 12.1 Å². The Balaban J connectivity index is 2.02. The van der Waals surface area contributed by atoms with Gasteiger partial charge in [0, 0.05) is 17.6 Å². The summed E-state index contributed by atoms with van der Waals surface area (Å²) in [7, 11) is 0. The van der Waals surface area contributed by atoms with E-state index in [1.807, 2.05) is 12.1 Å². The number of benzene rings is 1. The highest BCUT2D eigenvalue weighted by atomic mass is 19.1. The predicted octanol–water partition coefficient (Wildman–Crippen LogP) is 4.45. The number of hydrogen-bond acceptors (Lipinski definition) is 1. The summed E-state index contributed by atoms with van der Waals surface area (Å²) in [6, 6.07) is 7.75. The van der Waals surface area contributed by atoms with E-state index < -0.39 is 0 Å². The van der Waals surface area contributed by atoms with E-state index in [4.69, 9.17) is 0 Å². The van der Waals surface area contributed by atoms with Crippen molar-refractivity contribution in [3.8, 4) is 0 Å². The fourth-order valence-corrected chi connectivity index (χ4v) is 3.15. The van der Waals surface area contributed by atoms with E-state index in [1.165, 1.54) is 32.1 Å². The highest BCUT2D eigenvalue weighted by Crippen LogP contribution is 2.29. The van der Waals surface area contributed by atoms with Crippen LogP contribution < -0.4 is 5.32 Å². The zero-order valence-corrected chi connectivity index (χ0v) is 11.5. The fraction of sp³-hybridized carbons (Fsp3) is 0.625. The first-order valence-corrected chi connectivity index (χ1v) is 7.22. The first kappa shape index (κ1) is 13.5. The van der Waals surface area contributed by atoms with Crippen molar-refractivity contribution in [3.05, 3.63) is 35.6 Å². The summed E-state index contributed by atoms with van der Waals surface area (Å²) in [6.45, 7) is 4.33. The van der Waals surface area contributed by atoms with Crippen LogP contribution in [0.4, 0.5) is 4.39 Å². The summed E-state index contributed by atoms with van der Waals surface area (Å²) in [5, 5.41) is 3.64. The van der Waals surface area contributed by atoms with Gasteiger partial charge in [0.2, 0.25) is 0 Å². The monoisotopic (exact) mass is 249 g/mol. The van der Waals surface area contributed by atoms with Crippen molar-refractivity contribution in [3.63, 3.8) is 0 Å². The van der Waals surface area contributed by atoms with Crippen molar-refractivity contribution < 1.29 is 4.39 Å². The van der Waals surface area contributed by atoms with Crippen molar-refractivity contribution in [2.75, 3.05) is 0 Å². The lowest BCUT2D eigenvalue weighted by Crippen LogP contribution is -2.39. The number of halogens is 1. The van der Waals surface area contributed by atoms with Crippen LogP contribution in [-0.4, -0.2) is 6.04 Å². The number of nitrogens with one attached hydrogen (secondary N) is 1. The Hall–Kier alpha value is -0.890. The first-order valence-electron chi connectivity index (χ1n) is 7.22. The lowest BCUT2D eigenvalue weighted by molar-refractivity contribution is 0.239. The zero-order chi connectivity index (χ0) is 13.0. The molecule has 18 heavy (non-hydrogen) atoms. The molecule has 1 fully saturated rings. The molecule has 0 spiro atoms. The number of hydrogen-bond donors (Lipinski definition) is 1. The Morgan fingerprint density at radius 1 is 1.28 bits per heavy atom. The van der Waals surface area contributed by atoms with Gasteiger partial charge in [-0.1, -0.05) is 44.4 Å². The first-order chi connectivity index (χ1) is 8.72. The molecule has 1 aliphatic rings. The molecule has 2 rings (SSSR count). The van der Waals surface area contributed by atoms with Crippen molar-refractivity contribution in [1.82, 2.24) is 5.32 Å². The van der Waals surface area contributed by atoms with Crippen LogP contribution in [-0.2, 0) is 0 Å². The molecule has 1 aliphatic carbocycles. The molecular weight excluding hydrogens is 225 g/mol. The van der Waals surface area contributed by atoms with E-state index in [2.05, 4.69) is 19.2 Å². The molecule has 0 heterocycles. The Kier molecular flexibility index (Phi) is 4.76. The smallest absolute Gasteiger partial charge is 0.127 e. The van der Waals surface area contributed by atoms with E-state index in [-0.39, 0.29) is 11.9 Å². The minimum absolute atomic E-state index is 0.0960. The third kappa shape index (κ3) is 3.11. The van der Waals surface area contributed by atoms with Gasteiger partial charge in [0.05, 0.1) is 0 Å². The van der Waals surface area contributed by atoms with Crippen LogP contribution in [0.3, 0.4) is 0 Å². The molecule has 0 bridgehead atoms. The Morgan fingerprint density at radius 2 is 2.00 bits per heavy atom. The minimum Gasteiger partial charge on any atom is -0.307 e. The second kappa shape index (κ2) is 6.33. The van der Waals surface area contributed by atoms with Crippen LogP contribution in [0.15, 0.2) is 24.3 Å². The predicted molar refractivity (Wildman–Crippen MR) is 74.0 cm³/mol. The zero-order valence-electron chi connectivity index (χ0n) is 11.5. The van der Waals surface area contributed by atoms with Gasteiger partial charge in [-0.25, -0.2) is 4.39 Å². The maximum absolute atomic E-state index is 13.7. The molecular formula is C16H24FN. The topological polar surface area (TPSA) is 12.0 Å². The summed E-state index contributed by atoms with van der Waals surface area (Å²) in [5.41, 5.74) is 0.790. The van der Waals surface area contributed by atoms with Gasteiger partial charge in [0.25, 0.3) is 0 Å². The van der Waals surface area contributed by atoms with Crippen molar-refractivity contribution in [2.45, 2.75) is 58.0 Å².